The molecule has 0 radical (unpaired) electrons. The number of ether oxygens (including phenoxy) is 2. The van der Waals surface area contributed by atoms with Gasteiger partial charge >= 0.3 is 5.97 Å². The number of anilines is 1. The molecule has 0 aliphatic heterocycles. The van der Waals surface area contributed by atoms with Crippen molar-refractivity contribution >= 4 is 27.6 Å². The van der Waals surface area contributed by atoms with E-state index in [-0.39, 0.29) is 12.4 Å². The first kappa shape index (κ1) is 16.5. The van der Waals surface area contributed by atoms with E-state index in [2.05, 4.69) is 26.7 Å². The van der Waals surface area contributed by atoms with Crippen molar-refractivity contribution in [3.63, 3.8) is 0 Å². The molecule has 0 amide bonds. The highest BCUT2D eigenvalue weighted by Gasteiger charge is 2.11. The molecule has 0 aliphatic rings. The molecule has 0 saturated heterocycles. The molecule has 108 valence electrons. The van der Waals surface area contributed by atoms with Crippen LogP contribution in [0.15, 0.2) is 22.7 Å². The maximum absolute atomic E-state index is 11.3. The van der Waals surface area contributed by atoms with Crippen LogP contribution in [-0.4, -0.2) is 39.9 Å². The second-order valence-electron chi connectivity index (χ2n) is 4.12. The molecular formula is C14H17BrN2O3. The molecule has 0 aromatic heterocycles. The molecule has 20 heavy (non-hydrogen) atoms. The highest BCUT2D eigenvalue weighted by Crippen LogP contribution is 2.23. The van der Waals surface area contributed by atoms with E-state index in [1.165, 1.54) is 7.11 Å². The Morgan fingerprint density at radius 3 is 2.70 bits per heavy atom. The van der Waals surface area contributed by atoms with Crippen molar-refractivity contribution < 1.29 is 14.3 Å². The largest absolute Gasteiger partial charge is 0.469 e. The topological polar surface area (TPSA) is 62.6 Å². The van der Waals surface area contributed by atoms with Crippen LogP contribution in [-0.2, 0) is 14.3 Å². The van der Waals surface area contributed by atoms with Crippen LogP contribution >= 0.6 is 15.9 Å². The Bertz CT molecular complexity index is 500. The summed E-state index contributed by atoms with van der Waals surface area (Å²) in [5.74, 6) is -0.261. The molecule has 0 unspecified atom stereocenters. The molecule has 1 aromatic rings. The van der Waals surface area contributed by atoms with Gasteiger partial charge in [-0.1, -0.05) is 15.9 Å². The van der Waals surface area contributed by atoms with Gasteiger partial charge in [0.2, 0.25) is 0 Å². The standard InChI is InChI=1S/C14H17BrN2O3/c1-19-6-5-17(4-3-14(18)20-2)13-8-11(10-16)7-12(15)9-13/h7-9H,3-6H2,1-2H3. The lowest BCUT2D eigenvalue weighted by molar-refractivity contribution is -0.140. The third kappa shape index (κ3) is 5.19. The van der Waals surface area contributed by atoms with E-state index < -0.39 is 0 Å². The van der Waals surface area contributed by atoms with Gasteiger partial charge in [-0.25, -0.2) is 0 Å². The number of esters is 1. The van der Waals surface area contributed by atoms with Crippen LogP contribution in [0.5, 0.6) is 0 Å². The first-order chi connectivity index (χ1) is 9.60. The SMILES string of the molecule is COCCN(CCC(=O)OC)c1cc(Br)cc(C#N)c1. The van der Waals surface area contributed by atoms with Crippen LogP contribution in [0.25, 0.3) is 0 Å². The second-order valence-corrected chi connectivity index (χ2v) is 5.03. The lowest BCUT2D eigenvalue weighted by atomic mass is 10.2. The fraction of sp³-hybridized carbons (Fsp3) is 0.429. The molecule has 0 aliphatic carbocycles. The van der Waals surface area contributed by atoms with Crippen LogP contribution in [0.2, 0.25) is 0 Å². The minimum atomic E-state index is -0.261. The first-order valence-corrected chi connectivity index (χ1v) is 6.91. The Hall–Kier alpha value is -1.58. The summed E-state index contributed by atoms with van der Waals surface area (Å²) in [6.45, 7) is 1.68. The van der Waals surface area contributed by atoms with Crippen molar-refractivity contribution in [3.8, 4) is 6.07 Å². The maximum atomic E-state index is 11.3. The smallest absolute Gasteiger partial charge is 0.307 e. The monoisotopic (exact) mass is 340 g/mol. The van der Waals surface area contributed by atoms with E-state index in [0.29, 0.717) is 25.3 Å². The average Bonchev–Trinajstić information content (AvgIpc) is 2.46. The van der Waals surface area contributed by atoms with Crippen molar-refractivity contribution in [1.29, 1.82) is 5.26 Å². The van der Waals surface area contributed by atoms with Crippen LogP contribution in [0.1, 0.15) is 12.0 Å². The summed E-state index contributed by atoms with van der Waals surface area (Å²) in [5, 5.41) is 9.01. The van der Waals surface area contributed by atoms with Crippen molar-refractivity contribution in [2.75, 3.05) is 38.8 Å². The zero-order valence-corrected chi connectivity index (χ0v) is 13.1. The molecular weight excluding hydrogens is 324 g/mol. The van der Waals surface area contributed by atoms with Gasteiger partial charge in [0.05, 0.1) is 31.8 Å². The van der Waals surface area contributed by atoms with Gasteiger partial charge in [0.15, 0.2) is 0 Å². The first-order valence-electron chi connectivity index (χ1n) is 6.12. The molecule has 0 spiro atoms. The quantitative estimate of drug-likeness (QED) is 0.713. The summed E-state index contributed by atoms with van der Waals surface area (Å²) < 4.78 is 10.6. The second kappa shape index (κ2) is 8.56. The fourth-order valence-corrected chi connectivity index (χ4v) is 2.20. The number of methoxy groups -OCH3 is 2. The van der Waals surface area contributed by atoms with Crippen LogP contribution in [0, 0.1) is 11.3 Å². The summed E-state index contributed by atoms with van der Waals surface area (Å²) in [5.41, 5.74) is 1.44. The fourth-order valence-electron chi connectivity index (χ4n) is 1.72. The van der Waals surface area contributed by atoms with Gasteiger partial charge in [0, 0.05) is 30.4 Å². The number of carbonyl (C=O) groups excluding carboxylic acids is 1. The Morgan fingerprint density at radius 1 is 1.35 bits per heavy atom. The van der Waals surface area contributed by atoms with E-state index >= 15 is 0 Å². The number of carbonyl (C=O) groups is 1. The normalized spacial score (nSPS) is 9.90. The lowest BCUT2D eigenvalue weighted by Gasteiger charge is -2.24. The molecule has 0 saturated carbocycles. The number of nitrogens with zero attached hydrogens (tertiary/aromatic N) is 2. The van der Waals surface area contributed by atoms with Crippen LogP contribution in [0.4, 0.5) is 5.69 Å². The van der Waals surface area contributed by atoms with Gasteiger partial charge in [-0.2, -0.15) is 5.26 Å². The summed E-state index contributed by atoms with van der Waals surface area (Å²) in [7, 11) is 2.99. The minimum Gasteiger partial charge on any atom is -0.469 e. The molecule has 1 rings (SSSR count). The Kier molecular flexibility index (Phi) is 7.05. The molecule has 0 heterocycles. The summed E-state index contributed by atoms with van der Waals surface area (Å²) >= 11 is 3.38. The molecule has 5 nitrogen and oxygen atoms in total. The number of nitriles is 1. The van der Waals surface area contributed by atoms with E-state index in [9.17, 15) is 4.79 Å². The number of hydrogen-bond acceptors (Lipinski definition) is 5. The van der Waals surface area contributed by atoms with Gasteiger partial charge in [-0.15, -0.1) is 0 Å². The summed E-state index contributed by atoms with van der Waals surface area (Å²) in [4.78, 5) is 13.3. The van der Waals surface area contributed by atoms with E-state index in [0.717, 1.165) is 10.2 Å². The molecule has 6 heteroatoms. The van der Waals surface area contributed by atoms with Gasteiger partial charge in [0.25, 0.3) is 0 Å². The predicted octanol–water partition coefficient (Wildman–Crippen LogP) is 2.34. The average molecular weight is 341 g/mol. The van der Waals surface area contributed by atoms with Gasteiger partial charge in [0.1, 0.15) is 0 Å². The van der Waals surface area contributed by atoms with Gasteiger partial charge < -0.3 is 14.4 Å². The molecule has 0 atom stereocenters. The Balaban J connectivity index is 2.88. The Morgan fingerprint density at radius 2 is 2.10 bits per heavy atom. The zero-order valence-electron chi connectivity index (χ0n) is 11.6. The minimum absolute atomic E-state index is 0.261. The predicted molar refractivity (Wildman–Crippen MR) is 79.6 cm³/mol. The number of rotatable bonds is 7. The molecule has 0 fully saturated rings. The van der Waals surface area contributed by atoms with E-state index in [1.54, 1.807) is 19.2 Å². The van der Waals surface area contributed by atoms with Crippen LogP contribution in [0.3, 0.4) is 0 Å². The number of hydrogen-bond donors (Lipinski definition) is 0. The highest BCUT2D eigenvalue weighted by atomic mass is 79.9. The van der Waals surface area contributed by atoms with E-state index in [4.69, 9.17) is 10.00 Å². The zero-order chi connectivity index (χ0) is 15.0. The van der Waals surface area contributed by atoms with Gasteiger partial charge in [-0.05, 0) is 18.2 Å². The summed E-state index contributed by atoms with van der Waals surface area (Å²) in [6.07, 6.45) is 0.286. The third-order valence-corrected chi connectivity index (χ3v) is 3.21. The molecule has 0 N–H and O–H groups in total. The van der Waals surface area contributed by atoms with Crippen LogP contribution < -0.4 is 4.90 Å². The number of halogens is 1. The van der Waals surface area contributed by atoms with E-state index in [1.807, 2.05) is 11.0 Å². The molecule has 0 bridgehead atoms. The number of benzene rings is 1. The highest BCUT2D eigenvalue weighted by molar-refractivity contribution is 9.10. The Labute approximate surface area is 127 Å². The van der Waals surface area contributed by atoms with Crippen molar-refractivity contribution in [2.45, 2.75) is 6.42 Å². The summed E-state index contributed by atoms with van der Waals surface area (Å²) in [6, 6.07) is 7.56. The molecule has 1 aromatic carbocycles. The third-order valence-electron chi connectivity index (χ3n) is 2.76. The van der Waals surface area contributed by atoms with Crippen molar-refractivity contribution in [3.05, 3.63) is 28.2 Å². The maximum Gasteiger partial charge on any atom is 0.307 e. The lowest BCUT2D eigenvalue weighted by Crippen LogP contribution is -2.30. The van der Waals surface area contributed by atoms with Gasteiger partial charge in [-0.3, -0.25) is 4.79 Å². The van der Waals surface area contributed by atoms with Crippen molar-refractivity contribution in [2.24, 2.45) is 0 Å². The van der Waals surface area contributed by atoms with Crippen molar-refractivity contribution in [1.82, 2.24) is 0 Å².